The van der Waals surface area contributed by atoms with E-state index in [4.69, 9.17) is 5.11 Å². The van der Waals surface area contributed by atoms with Crippen LogP contribution in [0, 0.1) is 0 Å². The molecule has 0 unspecified atom stereocenters. The van der Waals surface area contributed by atoms with Gasteiger partial charge < -0.3 is 5.11 Å². The largest absolute Gasteiger partial charge is 0.396 e. The molecule has 1 aliphatic heterocycles. The Morgan fingerprint density at radius 3 is 2.31 bits per heavy atom. The summed E-state index contributed by atoms with van der Waals surface area (Å²) in [4.78, 5) is 0. The van der Waals surface area contributed by atoms with E-state index >= 15 is 0 Å². The summed E-state index contributed by atoms with van der Waals surface area (Å²) in [6.45, 7) is 0.129. The SMILES string of the molecule is O=S1(=O)CCC(S(=O)(=O)NCCCO)CC1. The van der Waals surface area contributed by atoms with Gasteiger partial charge in [-0.3, -0.25) is 0 Å². The van der Waals surface area contributed by atoms with Gasteiger partial charge in [0.25, 0.3) is 0 Å². The number of sulfone groups is 1. The van der Waals surface area contributed by atoms with E-state index in [-0.39, 0.29) is 37.5 Å². The first-order valence-electron chi connectivity index (χ1n) is 5.17. The van der Waals surface area contributed by atoms with Gasteiger partial charge in [0.1, 0.15) is 9.84 Å². The van der Waals surface area contributed by atoms with Crippen molar-refractivity contribution in [3.8, 4) is 0 Å². The second-order valence-electron chi connectivity index (χ2n) is 3.87. The standard InChI is InChI=1S/C8H17NO5S2/c10-5-1-4-9-16(13,14)8-2-6-15(11,12)7-3-8/h8-10H,1-7H2. The van der Waals surface area contributed by atoms with Crippen LogP contribution in [0.5, 0.6) is 0 Å². The van der Waals surface area contributed by atoms with Crippen molar-refractivity contribution in [1.29, 1.82) is 0 Å². The monoisotopic (exact) mass is 271 g/mol. The van der Waals surface area contributed by atoms with Crippen LogP contribution in [0.2, 0.25) is 0 Å². The Hall–Kier alpha value is -0.180. The van der Waals surface area contributed by atoms with Crippen LogP contribution < -0.4 is 4.72 Å². The molecule has 1 rings (SSSR count). The van der Waals surface area contributed by atoms with Gasteiger partial charge in [-0.2, -0.15) is 0 Å². The molecule has 0 saturated carbocycles. The molecule has 0 aromatic rings. The normalized spacial score (nSPS) is 22.1. The Balaban J connectivity index is 2.52. The zero-order valence-electron chi connectivity index (χ0n) is 8.92. The first-order chi connectivity index (χ1) is 7.37. The molecule has 0 radical (unpaired) electrons. The van der Waals surface area contributed by atoms with Crippen LogP contribution in [-0.4, -0.2) is 51.8 Å². The lowest BCUT2D eigenvalue weighted by atomic mass is 10.2. The topological polar surface area (TPSA) is 101 Å². The predicted molar refractivity (Wildman–Crippen MR) is 60.3 cm³/mol. The molecule has 1 aliphatic rings. The maximum Gasteiger partial charge on any atom is 0.214 e. The Labute approximate surface area is 96.0 Å². The van der Waals surface area contributed by atoms with E-state index in [1.807, 2.05) is 0 Å². The number of nitrogens with one attached hydrogen (secondary N) is 1. The van der Waals surface area contributed by atoms with Crippen LogP contribution in [0.25, 0.3) is 0 Å². The predicted octanol–water partition coefficient (Wildman–Crippen LogP) is -1.13. The number of sulfonamides is 1. The van der Waals surface area contributed by atoms with Gasteiger partial charge in [-0.25, -0.2) is 21.6 Å². The van der Waals surface area contributed by atoms with E-state index in [9.17, 15) is 16.8 Å². The minimum absolute atomic E-state index is 0.0570. The molecular weight excluding hydrogens is 254 g/mol. The van der Waals surface area contributed by atoms with Crippen LogP contribution in [0.1, 0.15) is 19.3 Å². The van der Waals surface area contributed by atoms with Crippen molar-refractivity contribution in [3.05, 3.63) is 0 Å². The summed E-state index contributed by atoms with van der Waals surface area (Å²) in [5.74, 6) is -0.114. The number of aliphatic hydroxyl groups is 1. The first kappa shape index (κ1) is 13.9. The molecule has 0 atom stereocenters. The molecule has 96 valence electrons. The molecular formula is C8H17NO5S2. The fraction of sp³-hybridized carbons (Fsp3) is 1.00. The number of aliphatic hydroxyl groups excluding tert-OH is 1. The molecule has 1 heterocycles. The van der Waals surface area contributed by atoms with E-state index in [1.165, 1.54) is 0 Å². The Morgan fingerprint density at radius 1 is 1.25 bits per heavy atom. The molecule has 2 N–H and O–H groups in total. The fourth-order valence-electron chi connectivity index (χ4n) is 1.59. The van der Waals surface area contributed by atoms with E-state index in [0.29, 0.717) is 6.42 Å². The minimum atomic E-state index is -3.43. The summed E-state index contributed by atoms with van der Waals surface area (Å²) in [5.41, 5.74) is 0. The molecule has 6 nitrogen and oxygen atoms in total. The third-order valence-electron chi connectivity index (χ3n) is 2.58. The van der Waals surface area contributed by atoms with E-state index in [0.717, 1.165) is 0 Å². The molecule has 1 fully saturated rings. The summed E-state index contributed by atoms with van der Waals surface area (Å²) in [6, 6.07) is 0. The second kappa shape index (κ2) is 5.44. The third-order valence-corrected chi connectivity index (χ3v) is 6.25. The molecule has 0 aromatic carbocycles. The average molecular weight is 271 g/mol. The Kier molecular flexibility index (Phi) is 4.72. The van der Waals surface area contributed by atoms with Crippen LogP contribution in [-0.2, 0) is 19.9 Å². The summed E-state index contributed by atoms with van der Waals surface area (Å²) in [5, 5.41) is 7.91. The summed E-state index contributed by atoms with van der Waals surface area (Å²) in [7, 11) is -6.46. The van der Waals surface area contributed by atoms with Gasteiger partial charge in [0.05, 0.1) is 16.8 Å². The minimum Gasteiger partial charge on any atom is -0.396 e. The molecule has 0 aromatic heterocycles. The highest BCUT2D eigenvalue weighted by molar-refractivity contribution is 7.92. The van der Waals surface area contributed by atoms with Gasteiger partial charge in [0.15, 0.2) is 0 Å². The maximum atomic E-state index is 11.7. The van der Waals surface area contributed by atoms with Gasteiger partial charge in [-0.1, -0.05) is 0 Å². The lowest BCUT2D eigenvalue weighted by Crippen LogP contribution is -2.40. The Bertz CT molecular complexity index is 400. The molecule has 0 aliphatic carbocycles. The van der Waals surface area contributed by atoms with Crippen molar-refractivity contribution in [3.63, 3.8) is 0 Å². The lowest BCUT2D eigenvalue weighted by Gasteiger charge is -2.22. The van der Waals surface area contributed by atoms with Crippen molar-refractivity contribution in [2.75, 3.05) is 24.7 Å². The van der Waals surface area contributed by atoms with Crippen LogP contribution >= 0.6 is 0 Å². The van der Waals surface area contributed by atoms with E-state index in [2.05, 4.69) is 4.72 Å². The number of rotatable bonds is 5. The number of hydrogen-bond acceptors (Lipinski definition) is 5. The maximum absolute atomic E-state index is 11.7. The fourth-order valence-corrected chi connectivity index (χ4v) is 4.90. The van der Waals surface area contributed by atoms with Crippen LogP contribution in [0.4, 0.5) is 0 Å². The van der Waals surface area contributed by atoms with Crippen molar-refractivity contribution < 1.29 is 21.9 Å². The summed E-state index contributed by atoms with van der Waals surface area (Å²) < 4.78 is 48.0. The lowest BCUT2D eigenvalue weighted by molar-refractivity contribution is 0.289. The van der Waals surface area contributed by atoms with E-state index in [1.54, 1.807) is 0 Å². The molecule has 0 amide bonds. The smallest absolute Gasteiger partial charge is 0.214 e. The van der Waals surface area contributed by atoms with Crippen molar-refractivity contribution in [1.82, 2.24) is 4.72 Å². The summed E-state index contributed by atoms with van der Waals surface area (Å²) in [6.07, 6.45) is 0.692. The van der Waals surface area contributed by atoms with Gasteiger partial charge in [-0.05, 0) is 19.3 Å². The third kappa shape index (κ3) is 4.00. The van der Waals surface area contributed by atoms with Crippen molar-refractivity contribution in [2.24, 2.45) is 0 Å². The second-order valence-corrected chi connectivity index (χ2v) is 8.22. The van der Waals surface area contributed by atoms with Crippen LogP contribution in [0.15, 0.2) is 0 Å². The Morgan fingerprint density at radius 2 is 1.81 bits per heavy atom. The van der Waals surface area contributed by atoms with Gasteiger partial charge in [-0.15, -0.1) is 0 Å². The average Bonchev–Trinajstić information content (AvgIpc) is 2.17. The zero-order chi connectivity index (χ0) is 12.2. The van der Waals surface area contributed by atoms with Gasteiger partial charge >= 0.3 is 0 Å². The molecule has 0 spiro atoms. The van der Waals surface area contributed by atoms with Crippen molar-refractivity contribution in [2.45, 2.75) is 24.5 Å². The highest BCUT2D eigenvalue weighted by Crippen LogP contribution is 2.18. The van der Waals surface area contributed by atoms with Gasteiger partial charge in [0, 0.05) is 13.2 Å². The van der Waals surface area contributed by atoms with E-state index < -0.39 is 25.1 Å². The number of hydrogen-bond donors (Lipinski definition) is 2. The molecule has 1 saturated heterocycles. The van der Waals surface area contributed by atoms with Gasteiger partial charge in [0.2, 0.25) is 10.0 Å². The van der Waals surface area contributed by atoms with Crippen LogP contribution in [0.3, 0.4) is 0 Å². The zero-order valence-corrected chi connectivity index (χ0v) is 10.6. The molecule has 16 heavy (non-hydrogen) atoms. The molecule has 8 heteroatoms. The summed E-state index contributed by atoms with van der Waals surface area (Å²) >= 11 is 0. The quantitative estimate of drug-likeness (QED) is 0.616. The first-order valence-corrected chi connectivity index (χ1v) is 8.54. The van der Waals surface area contributed by atoms with Crippen molar-refractivity contribution >= 4 is 19.9 Å². The highest BCUT2D eigenvalue weighted by Gasteiger charge is 2.32. The molecule has 0 bridgehead atoms. The highest BCUT2D eigenvalue weighted by atomic mass is 32.2.